The Kier molecular flexibility index (Phi) is 5.96. The molecule has 0 radical (unpaired) electrons. The fraction of sp³-hybridized carbons (Fsp3) is 0.0833. The van der Waals surface area contributed by atoms with Crippen LogP contribution in [0.15, 0.2) is 97.3 Å². The van der Waals surface area contributed by atoms with Gasteiger partial charge in [-0.15, -0.1) is 11.8 Å². The van der Waals surface area contributed by atoms with Crippen LogP contribution in [0.3, 0.4) is 0 Å². The van der Waals surface area contributed by atoms with Gasteiger partial charge in [-0.2, -0.15) is 0 Å². The van der Waals surface area contributed by atoms with Gasteiger partial charge in [0.05, 0.1) is 21.9 Å². The number of nitrogens with zero attached hydrogens (tertiary/aromatic N) is 2. The van der Waals surface area contributed by atoms with Crippen molar-refractivity contribution in [2.24, 2.45) is 0 Å². The summed E-state index contributed by atoms with van der Waals surface area (Å²) >= 11 is 1.43. The Labute approximate surface area is 172 Å². The minimum atomic E-state index is -0.427. The van der Waals surface area contributed by atoms with Gasteiger partial charge in [0.2, 0.25) is 0 Å². The summed E-state index contributed by atoms with van der Waals surface area (Å²) in [6.45, 7) is 0. The molecule has 0 aliphatic rings. The average molecular weight is 404 g/mol. The predicted molar refractivity (Wildman–Crippen MR) is 113 cm³/mol. The van der Waals surface area contributed by atoms with Crippen molar-refractivity contribution in [1.82, 2.24) is 9.97 Å². The highest BCUT2D eigenvalue weighted by Crippen LogP contribution is 2.47. The maximum absolute atomic E-state index is 14.7. The third kappa shape index (κ3) is 4.35. The highest BCUT2D eigenvalue weighted by Gasteiger charge is 2.28. The number of pyridine rings is 2. The van der Waals surface area contributed by atoms with Crippen molar-refractivity contribution in [3.63, 3.8) is 0 Å². The van der Waals surface area contributed by atoms with Crippen LogP contribution in [0, 0.1) is 11.6 Å². The molecule has 0 aliphatic carbocycles. The monoisotopic (exact) mass is 404 g/mol. The molecule has 5 heteroatoms. The van der Waals surface area contributed by atoms with Crippen molar-refractivity contribution in [1.29, 1.82) is 0 Å². The number of rotatable bonds is 6. The number of hydrogen-bond acceptors (Lipinski definition) is 3. The van der Waals surface area contributed by atoms with Gasteiger partial charge in [0.1, 0.15) is 11.6 Å². The summed E-state index contributed by atoms with van der Waals surface area (Å²) in [5.41, 5.74) is 2.43. The van der Waals surface area contributed by atoms with Crippen LogP contribution < -0.4 is 0 Å². The second-order valence-corrected chi connectivity index (χ2v) is 7.66. The fourth-order valence-electron chi connectivity index (χ4n) is 3.18. The molecular formula is C24H18F2N2S. The van der Waals surface area contributed by atoms with Crippen LogP contribution in [0.2, 0.25) is 0 Å². The van der Waals surface area contributed by atoms with E-state index in [0.717, 1.165) is 0 Å². The molecule has 2 unspecified atom stereocenters. The lowest BCUT2D eigenvalue weighted by Gasteiger charge is -2.24. The van der Waals surface area contributed by atoms with Crippen molar-refractivity contribution >= 4 is 11.8 Å². The minimum absolute atomic E-state index is 0.316. The third-order valence-electron chi connectivity index (χ3n) is 4.56. The second kappa shape index (κ2) is 8.97. The van der Waals surface area contributed by atoms with Crippen LogP contribution in [0.25, 0.3) is 0 Å². The van der Waals surface area contributed by atoms with E-state index in [2.05, 4.69) is 9.97 Å². The largest absolute Gasteiger partial charge is 0.260 e. The topological polar surface area (TPSA) is 25.8 Å². The SMILES string of the molecule is Fc1ccccc1C(SC(c1ccccn1)c1ccccc1F)c1ccccn1. The van der Waals surface area contributed by atoms with Gasteiger partial charge in [0.25, 0.3) is 0 Å². The molecule has 2 heterocycles. The van der Waals surface area contributed by atoms with Crippen LogP contribution in [0.5, 0.6) is 0 Å². The maximum Gasteiger partial charge on any atom is 0.127 e. The van der Waals surface area contributed by atoms with Gasteiger partial charge in [-0.05, 0) is 36.4 Å². The second-order valence-electron chi connectivity index (χ2n) is 6.45. The van der Waals surface area contributed by atoms with Gasteiger partial charge in [0.15, 0.2) is 0 Å². The number of aromatic nitrogens is 2. The highest BCUT2D eigenvalue weighted by atomic mass is 32.2. The number of halogens is 2. The first kappa shape index (κ1) is 19.3. The average Bonchev–Trinajstić information content (AvgIpc) is 2.77. The molecule has 4 aromatic rings. The number of benzene rings is 2. The predicted octanol–water partition coefficient (Wildman–Crippen LogP) is 6.37. The van der Waals surface area contributed by atoms with Crippen molar-refractivity contribution in [2.45, 2.75) is 10.5 Å². The number of thioether (sulfide) groups is 1. The van der Waals surface area contributed by atoms with Crippen molar-refractivity contribution in [3.8, 4) is 0 Å². The van der Waals surface area contributed by atoms with Crippen LogP contribution in [-0.4, -0.2) is 9.97 Å². The van der Waals surface area contributed by atoms with Crippen molar-refractivity contribution in [2.75, 3.05) is 0 Å². The van der Waals surface area contributed by atoms with Gasteiger partial charge in [0, 0.05) is 23.5 Å². The molecule has 2 atom stereocenters. The fourth-order valence-corrected chi connectivity index (χ4v) is 4.68. The summed E-state index contributed by atoms with van der Waals surface area (Å²) in [7, 11) is 0. The van der Waals surface area contributed by atoms with Gasteiger partial charge in [-0.3, -0.25) is 9.97 Å². The molecule has 0 bridgehead atoms. The summed E-state index contributed by atoms with van der Waals surface area (Å²) < 4.78 is 29.5. The molecule has 0 saturated carbocycles. The van der Waals surface area contributed by atoms with E-state index in [1.54, 1.807) is 48.8 Å². The molecule has 0 spiro atoms. The molecule has 0 N–H and O–H groups in total. The first-order valence-corrected chi connectivity index (χ1v) is 10.1. The Morgan fingerprint density at radius 1 is 0.552 bits per heavy atom. The molecule has 0 aliphatic heterocycles. The van der Waals surface area contributed by atoms with Gasteiger partial charge >= 0.3 is 0 Å². The summed E-state index contributed by atoms with van der Waals surface area (Å²) in [5, 5.41) is -0.854. The zero-order chi connectivity index (χ0) is 20.1. The minimum Gasteiger partial charge on any atom is -0.260 e. The molecule has 2 nitrogen and oxygen atoms in total. The molecule has 0 fully saturated rings. The van der Waals surface area contributed by atoms with E-state index in [0.29, 0.717) is 22.5 Å². The summed E-state index contributed by atoms with van der Waals surface area (Å²) in [6.07, 6.45) is 3.37. The molecule has 4 rings (SSSR count). The van der Waals surface area contributed by atoms with E-state index in [1.165, 1.54) is 23.9 Å². The number of hydrogen-bond donors (Lipinski definition) is 0. The van der Waals surface area contributed by atoms with Crippen molar-refractivity contribution in [3.05, 3.63) is 131 Å². The van der Waals surface area contributed by atoms with Crippen LogP contribution >= 0.6 is 11.8 Å². The van der Waals surface area contributed by atoms with E-state index in [9.17, 15) is 8.78 Å². The summed E-state index contributed by atoms with van der Waals surface area (Å²) in [5.74, 6) is -0.632. The van der Waals surface area contributed by atoms with E-state index in [4.69, 9.17) is 0 Å². The molecule has 0 amide bonds. The Morgan fingerprint density at radius 3 is 1.34 bits per heavy atom. The van der Waals surface area contributed by atoms with Gasteiger partial charge in [-0.1, -0.05) is 48.5 Å². The van der Waals surface area contributed by atoms with Gasteiger partial charge < -0.3 is 0 Å². The smallest absolute Gasteiger partial charge is 0.127 e. The molecule has 144 valence electrons. The molecule has 2 aromatic carbocycles. The standard InChI is InChI=1S/C24H18F2N2S/c25-19-11-3-1-9-17(19)23(21-13-5-7-15-27-21)29-24(22-14-6-8-16-28-22)18-10-2-4-12-20(18)26/h1-16,23-24H. The normalized spacial score (nSPS) is 13.0. The van der Waals surface area contributed by atoms with Crippen LogP contribution in [0.4, 0.5) is 8.78 Å². The lowest BCUT2D eigenvalue weighted by atomic mass is 10.1. The first-order valence-electron chi connectivity index (χ1n) is 9.20. The molecule has 29 heavy (non-hydrogen) atoms. The molecular weight excluding hydrogens is 386 g/mol. The quantitative estimate of drug-likeness (QED) is 0.374. The highest BCUT2D eigenvalue weighted by molar-refractivity contribution is 8.00. The summed E-state index contributed by atoms with van der Waals surface area (Å²) in [6, 6.07) is 24.4. The Morgan fingerprint density at radius 2 is 0.966 bits per heavy atom. The lowest BCUT2D eigenvalue weighted by molar-refractivity contribution is 0.609. The summed E-state index contributed by atoms with van der Waals surface area (Å²) in [4.78, 5) is 8.92. The Bertz CT molecular complexity index is 987. The zero-order valence-corrected chi connectivity index (χ0v) is 16.3. The molecule has 0 saturated heterocycles. The maximum atomic E-state index is 14.7. The Balaban J connectivity index is 1.83. The first-order chi connectivity index (χ1) is 14.2. The van der Waals surface area contributed by atoms with Crippen molar-refractivity contribution < 1.29 is 8.78 Å². The zero-order valence-electron chi connectivity index (χ0n) is 15.5. The van der Waals surface area contributed by atoms with E-state index < -0.39 is 10.5 Å². The Hall–Kier alpha value is -3.05. The lowest BCUT2D eigenvalue weighted by Crippen LogP contribution is -2.08. The third-order valence-corrected chi connectivity index (χ3v) is 6.10. The van der Waals surface area contributed by atoms with Crippen LogP contribution in [-0.2, 0) is 0 Å². The van der Waals surface area contributed by atoms with E-state index in [1.807, 2.05) is 36.4 Å². The van der Waals surface area contributed by atoms with Gasteiger partial charge in [-0.25, -0.2) is 8.78 Å². The van der Waals surface area contributed by atoms with Crippen LogP contribution in [0.1, 0.15) is 33.0 Å². The van der Waals surface area contributed by atoms with E-state index in [-0.39, 0.29) is 11.6 Å². The van der Waals surface area contributed by atoms with E-state index >= 15 is 0 Å². The molecule has 2 aromatic heterocycles.